The van der Waals surface area contributed by atoms with Crippen LogP contribution < -0.4 is 5.32 Å². The van der Waals surface area contributed by atoms with Crippen LogP contribution in [0.5, 0.6) is 0 Å². The quantitative estimate of drug-likeness (QED) is 0.587. The van der Waals surface area contributed by atoms with E-state index in [1.54, 1.807) is 0 Å². The maximum Gasteiger partial charge on any atom is 0.243 e. The van der Waals surface area contributed by atoms with E-state index in [1.165, 1.54) is 42.4 Å². The number of hydrogen-bond donors (Lipinski definition) is 1. The Balaban J connectivity index is 1.85. The Morgan fingerprint density at radius 1 is 1.00 bits per heavy atom. The van der Waals surface area contributed by atoms with Gasteiger partial charge in [-0.2, -0.15) is 4.31 Å². The Bertz CT molecular complexity index is 886. The molecule has 0 radical (unpaired) electrons. The molecular weight excluding hydrogens is 406 g/mol. The minimum atomic E-state index is -3.61. The van der Waals surface area contributed by atoms with Gasteiger partial charge in [-0.15, -0.1) is 0 Å². The minimum Gasteiger partial charge on any atom is -0.351 e. The van der Waals surface area contributed by atoms with Crippen molar-refractivity contribution in [1.29, 1.82) is 0 Å². The molecule has 0 aliphatic carbocycles. The molecule has 0 unspecified atom stereocenters. The molecule has 0 aromatic heterocycles. The molecule has 30 heavy (non-hydrogen) atoms. The Hall–Kier alpha value is -2.10. The normalized spacial score (nSPS) is 16.3. The van der Waals surface area contributed by atoms with Crippen molar-refractivity contribution in [3.05, 3.63) is 29.8 Å². The molecule has 1 saturated heterocycles. The molecule has 8 nitrogen and oxygen atoms in total. The van der Waals surface area contributed by atoms with Gasteiger partial charge in [-0.1, -0.05) is 12.1 Å². The molecule has 0 bridgehead atoms. The summed E-state index contributed by atoms with van der Waals surface area (Å²) in [5.41, 5.74) is -0.100. The lowest BCUT2D eigenvalue weighted by atomic mass is 9.98. The van der Waals surface area contributed by atoms with E-state index >= 15 is 0 Å². The van der Waals surface area contributed by atoms with Crippen molar-refractivity contribution in [1.82, 2.24) is 14.5 Å². The van der Waals surface area contributed by atoms with Gasteiger partial charge in [0.2, 0.25) is 15.9 Å². The molecule has 166 valence electrons. The standard InChI is InChI=1S/C21H31N3O5S/c1-16(25)15-21(3,4)22-20(27)9-10-23-11-13-24(14-12-23)30(28,29)19-7-5-18(6-8-19)17(2)26/h5-8H,9-15H2,1-4H3,(H,22,27). The molecule has 0 spiro atoms. The van der Waals surface area contributed by atoms with Crippen LogP contribution in [0.25, 0.3) is 0 Å². The molecule has 2 rings (SSSR count). The highest BCUT2D eigenvalue weighted by atomic mass is 32.2. The highest BCUT2D eigenvalue weighted by molar-refractivity contribution is 7.89. The number of piperazine rings is 1. The number of sulfonamides is 1. The smallest absolute Gasteiger partial charge is 0.243 e. The third-order valence-corrected chi connectivity index (χ3v) is 6.97. The predicted molar refractivity (Wildman–Crippen MR) is 114 cm³/mol. The van der Waals surface area contributed by atoms with E-state index in [4.69, 9.17) is 0 Å². The lowest BCUT2D eigenvalue weighted by Crippen LogP contribution is -2.50. The van der Waals surface area contributed by atoms with Gasteiger partial charge < -0.3 is 10.2 Å². The molecule has 1 N–H and O–H groups in total. The average Bonchev–Trinajstić information content (AvgIpc) is 2.65. The first kappa shape index (κ1) is 24.2. The average molecular weight is 438 g/mol. The molecule has 1 aliphatic rings. The highest BCUT2D eigenvalue weighted by Gasteiger charge is 2.29. The second-order valence-electron chi connectivity index (χ2n) is 8.39. The van der Waals surface area contributed by atoms with E-state index in [2.05, 4.69) is 10.2 Å². The van der Waals surface area contributed by atoms with E-state index in [-0.39, 0.29) is 28.8 Å². The van der Waals surface area contributed by atoms with Crippen LogP contribution in [0.15, 0.2) is 29.2 Å². The van der Waals surface area contributed by atoms with Crippen LogP contribution in [-0.2, 0) is 19.6 Å². The Labute approximate surface area is 178 Å². The van der Waals surface area contributed by atoms with E-state index < -0.39 is 15.6 Å². The van der Waals surface area contributed by atoms with Crippen molar-refractivity contribution >= 4 is 27.5 Å². The number of nitrogens with one attached hydrogen (secondary N) is 1. The van der Waals surface area contributed by atoms with Crippen molar-refractivity contribution in [3.8, 4) is 0 Å². The Morgan fingerprint density at radius 3 is 2.07 bits per heavy atom. The first-order valence-electron chi connectivity index (χ1n) is 10.0. The van der Waals surface area contributed by atoms with Crippen LogP contribution in [0.4, 0.5) is 0 Å². The van der Waals surface area contributed by atoms with Gasteiger partial charge >= 0.3 is 0 Å². The van der Waals surface area contributed by atoms with Gasteiger partial charge in [0.1, 0.15) is 5.78 Å². The van der Waals surface area contributed by atoms with Gasteiger partial charge in [-0.3, -0.25) is 14.4 Å². The van der Waals surface area contributed by atoms with Crippen LogP contribution in [0, 0.1) is 0 Å². The van der Waals surface area contributed by atoms with Gasteiger partial charge in [0.25, 0.3) is 0 Å². The van der Waals surface area contributed by atoms with Crippen molar-refractivity contribution in [3.63, 3.8) is 0 Å². The first-order valence-corrected chi connectivity index (χ1v) is 11.5. The van der Waals surface area contributed by atoms with Crippen molar-refractivity contribution in [2.45, 2.75) is 51.0 Å². The van der Waals surface area contributed by atoms with Crippen LogP contribution >= 0.6 is 0 Å². The molecular formula is C21H31N3O5S. The molecule has 1 aromatic carbocycles. The molecule has 1 fully saturated rings. The van der Waals surface area contributed by atoms with Crippen molar-refractivity contribution in [2.24, 2.45) is 0 Å². The fourth-order valence-corrected chi connectivity index (χ4v) is 4.99. The molecule has 0 saturated carbocycles. The van der Waals surface area contributed by atoms with Gasteiger partial charge in [0, 0.05) is 56.7 Å². The number of nitrogens with zero attached hydrogens (tertiary/aromatic N) is 2. The number of ketones is 2. The summed E-state index contributed by atoms with van der Waals surface area (Å²) in [7, 11) is -3.61. The number of Topliss-reactive ketones (excluding diaryl/α,β-unsaturated/α-hetero) is 2. The van der Waals surface area contributed by atoms with E-state index in [1.807, 2.05) is 13.8 Å². The van der Waals surface area contributed by atoms with Gasteiger partial charge in [-0.05, 0) is 39.8 Å². The molecule has 9 heteroatoms. The minimum absolute atomic E-state index is 0.0218. The highest BCUT2D eigenvalue weighted by Crippen LogP contribution is 2.19. The SMILES string of the molecule is CC(=O)CC(C)(C)NC(=O)CCN1CCN(S(=O)(=O)c2ccc(C(C)=O)cc2)CC1. The fourth-order valence-electron chi connectivity index (χ4n) is 3.57. The maximum absolute atomic E-state index is 12.8. The summed E-state index contributed by atoms with van der Waals surface area (Å²) >= 11 is 0. The predicted octanol–water partition coefficient (Wildman–Crippen LogP) is 1.46. The van der Waals surface area contributed by atoms with Crippen LogP contribution in [0.2, 0.25) is 0 Å². The monoisotopic (exact) mass is 437 g/mol. The van der Waals surface area contributed by atoms with Gasteiger partial charge in [0.15, 0.2) is 5.78 Å². The van der Waals surface area contributed by atoms with Gasteiger partial charge in [0.05, 0.1) is 4.90 Å². The Morgan fingerprint density at radius 2 is 1.57 bits per heavy atom. The molecule has 1 heterocycles. The maximum atomic E-state index is 12.8. The Kier molecular flexibility index (Phi) is 7.90. The number of hydrogen-bond acceptors (Lipinski definition) is 6. The van der Waals surface area contributed by atoms with Crippen molar-refractivity contribution < 1.29 is 22.8 Å². The largest absolute Gasteiger partial charge is 0.351 e. The van der Waals surface area contributed by atoms with Crippen LogP contribution in [-0.4, -0.2) is 73.4 Å². The summed E-state index contributed by atoms with van der Waals surface area (Å²) in [4.78, 5) is 37.1. The zero-order chi connectivity index (χ0) is 22.5. The lowest BCUT2D eigenvalue weighted by Gasteiger charge is -2.34. The number of carbonyl (C=O) groups is 3. The third kappa shape index (κ3) is 6.72. The zero-order valence-corrected chi connectivity index (χ0v) is 18.9. The number of benzene rings is 1. The van der Waals surface area contributed by atoms with Gasteiger partial charge in [-0.25, -0.2) is 8.42 Å². The molecule has 1 aromatic rings. The fraction of sp³-hybridized carbons (Fsp3) is 0.571. The summed E-state index contributed by atoms with van der Waals surface area (Å²) in [5.74, 6) is -0.211. The topological polar surface area (TPSA) is 104 Å². The van der Waals surface area contributed by atoms with Crippen LogP contribution in [0.1, 0.15) is 50.9 Å². The van der Waals surface area contributed by atoms with Crippen LogP contribution in [0.3, 0.4) is 0 Å². The number of carbonyl (C=O) groups excluding carboxylic acids is 3. The summed E-state index contributed by atoms with van der Waals surface area (Å²) in [6, 6.07) is 5.98. The second kappa shape index (κ2) is 9.80. The number of amides is 1. The molecule has 1 amide bonds. The molecule has 0 atom stereocenters. The summed E-state index contributed by atoms with van der Waals surface area (Å²) in [6.45, 7) is 8.86. The summed E-state index contributed by atoms with van der Waals surface area (Å²) in [5, 5.41) is 2.88. The van der Waals surface area contributed by atoms with E-state index in [0.717, 1.165) is 0 Å². The molecule has 1 aliphatic heterocycles. The summed E-state index contributed by atoms with van der Waals surface area (Å²) < 4.78 is 27.1. The third-order valence-electron chi connectivity index (χ3n) is 5.05. The second-order valence-corrected chi connectivity index (χ2v) is 10.3. The lowest BCUT2D eigenvalue weighted by molar-refractivity contribution is -0.124. The van der Waals surface area contributed by atoms with Crippen molar-refractivity contribution in [2.75, 3.05) is 32.7 Å². The van der Waals surface area contributed by atoms with E-state index in [0.29, 0.717) is 44.7 Å². The zero-order valence-electron chi connectivity index (χ0n) is 18.1. The number of rotatable bonds is 9. The first-order chi connectivity index (χ1) is 13.9. The summed E-state index contributed by atoms with van der Waals surface area (Å²) in [6.07, 6.45) is 0.573. The van der Waals surface area contributed by atoms with E-state index in [9.17, 15) is 22.8 Å².